The second kappa shape index (κ2) is 14.8. The molecule has 2 heterocycles. The van der Waals surface area contributed by atoms with E-state index in [-0.39, 0.29) is 11.8 Å². The van der Waals surface area contributed by atoms with Crippen LogP contribution in [0.3, 0.4) is 0 Å². The molecular formula is C57H37N5. The Kier molecular flexibility index (Phi) is 8.56. The molecule has 0 saturated carbocycles. The molecule has 0 N–H and O–H groups in total. The highest BCUT2D eigenvalue weighted by atomic mass is 15.0. The molecule has 0 amide bonds. The minimum Gasteiger partial charge on any atom is -0.252 e. The number of benzene rings is 8. The van der Waals surface area contributed by atoms with Crippen LogP contribution in [-0.2, 0) is 0 Å². The van der Waals surface area contributed by atoms with Gasteiger partial charge in [-0.3, -0.25) is 9.97 Å². The largest absolute Gasteiger partial charge is 0.252 e. The fourth-order valence-electron chi connectivity index (χ4n) is 9.40. The summed E-state index contributed by atoms with van der Waals surface area (Å²) in [4.78, 5) is 24.7. The second-order valence-electron chi connectivity index (χ2n) is 16.0. The normalized spacial score (nSPS) is 14.5. The van der Waals surface area contributed by atoms with Crippen LogP contribution in [-0.4, -0.2) is 24.9 Å². The first-order valence-corrected chi connectivity index (χ1v) is 21.0. The minimum atomic E-state index is 0.139. The molecule has 62 heavy (non-hydrogen) atoms. The van der Waals surface area contributed by atoms with Crippen molar-refractivity contribution < 1.29 is 0 Å². The number of nitrogens with zero attached hydrogens (tertiary/aromatic N) is 5. The first kappa shape index (κ1) is 35.8. The Bertz CT molecular complexity index is 3260. The van der Waals surface area contributed by atoms with Crippen LogP contribution in [0.5, 0.6) is 0 Å². The highest BCUT2D eigenvalue weighted by Gasteiger charge is 2.41. The van der Waals surface area contributed by atoms with Crippen LogP contribution < -0.4 is 0 Å². The van der Waals surface area contributed by atoms with Gasteiger partial charge in [0, 0.05) is 39.7 Å². The van der Waals surface area contributed by atoms with Crippen molar-refractivity contribution in [2.45, 2.75) is 11.8 Å². The van der Waals surface area contributed by atoms with E-state index in [4.69, 9.17) is 24.9 Å². The molecule has 5 heteroatoms. The third-order valence-corrected chi connectivity index (χ3v) is 12.4. The zero-order chi connectivity index (χ0) is 41.0. The number of hydrogen-bond donors (Lipinski definition) is 0. The van der Waals surface area contributed by atoms with Crippen LogP contribution in [0.15, 0.2) is 213 Å². The molecule has 0 aliphatic heterocycles. The first-order valence-electron chi connectivity index (χ1n) is 21.0. The van der Waals surface area contributed by atoms with Gasteiger partial charge in [0.15, 0.2) is 17.5 Å². The van der Waals surface area contributed by atoms with E-state index in [1.807, 2.05) is 67.0 Å². The molecule has 290 valence electrons. The van der Waals surface area contributed by atoms with E-state index in [1.165, 1.54) is 44.5 Å². The molecule has 2 atom stereocenters. The van der Waals surface area contributed by atoms with Gasteiger partial charge in [0.05, 0.1) is 23.8 Å². The monoisotopic (exact) mass is 791 g/mol. The van der Waals surface area contributed by atoms with Gasteiger partial charge in [-0.05, 0) is 67.8 Å². The smallest absolute Gasteiger partial charge is 0.164 e. The molecule has 0 spiro atoms. The van der Waals surface area contributed by atoms with Crippen LogP contribution >= 0.6 is 0 Å². The fraction of sp³-hybridized carbons (Fsp3) is 0.0351. The lowest BCUT2D eigenvalue weighted by Crippen LogP contribution is -2.27. The number of hydrogen-bond acceptors (Lipinski definition) is 5. The van der Waals surface area contributed by atoms with Gasteiger partial charge in [-0.15, -0.1) is 0 Å². The Morgan fingerprint density at radius 2 is 0.565 bits per heavy atom. The standard InChI is InChI=1S/C57H37N5/c1-4-12-36(13-5-1)37-20-24-41(25-21-37)56-60-55(40-16-8-3-9-17-40)61-57(62-56)42-26-22-38(23-27-42)43-28-30-47-49(32-43)53-45-18-10-11-19-46(45)54(47)50-33-44(29-31-48(50)53)52-35-58-51(34-59-52)39-14-6-2-7-15-39/h1-35,53-54H. The topological polar surface area (TPSA) is 64.5 Å². The number of rotatable bonds is 7. The van der Waals surface area contributed by atoms with Gasteiger partial charge >= 0.3 is 0 Å². The van der Waals surface area contributed by atoms with Crippen LogP contribution in [0.4, 0.5) is 0 Å². The van der Waals surface area contributed by atoms with Gasteiger partial charge < -0.3 is 0 Å². The summed E-state index contributed by atoms with van der Waals surface area (Å²) in [5, 5.41) is 0. The molecule has 5 nitrogen and oxygen atoms in total. The molecule has 2 unspecified atom stereocenters. The zero-order valence-corrected chi connectivity index (χ0v) is 33.6. The van der Waals surface area contributed by atoms with Crippen molar-refractivity contribution in [3.8, 4) is 78.9 Å². The molecule has 13 rings (SSSR count). The molecule has 0 fully saturated rings. The Morgan fingerprint density at radius 1 is 0.242 bits per heavy atom. The van der Waals surface area contributed by atoms with Gasteiger partial charge in [0.2, 0.25) is 0 Å². The van der Waals surface area contributed by atoms with Crippen molar-refractivity contribution in [3.63, 3.8) is 0 Å². The summed E-state index contributed by atoms with van der Waals surface area (Å²) < 4.78 is 0. The van der Waals surface area contributed by atoms with E-state index < -0.39 is 0 Å². The van der Waals surface area contributed by atoms with Crippen molar-refractivity contribution in [2.75, 3.05) is 0 Å². The highest BCUT2D eigenvalue weighted by Crippen LogP contribution is 2.56. The van der Waals surface area contributed by atoms with Crippen molar-refractivity contribution >= 4 is 0 Å². The Morgan fingerprint density at radius 3 is 1.06 bits per heavy atom. The first-order chi connectivity index (χ1) is 30.7. The van der Waals surface area contributed by atoms with Crippen molar-refractivity contribution in [1.29, 1.82) is 0 Å². The predicted octanol–water partition coefficient (Wildman–Crippen LogP) is 13.3. The molecular weight excluding hydrogens is 755 g/mol. The summed E-state index contributed by atoms with van der Waals surface area (Å²) in [6.07, 6.45) is 3.78. The van der Waals surface area contributed by atoms with E-state index >= 15 is 0 Å². The fourth-order valence-corrected chi connectivity index (χ4v) is 9.40. The molecule has 10 aromatic rings. The summed E-state index contributed by atoms with van der Waals surface area (Å²) in [6.45, 7) is 0. The van der Waals surface area contributed by atoms with Gasteiger partial charge in [0.25, 0.3) is 0 Å². The lowest BCUT2D eigenvalue weighted by molar-refractivity contribution is 0.755. The summed E-state index contributed by atoms with van der Waals surface area (Å²) in [5.74, 6) is 2.21. The maximum Gasteiger partial charge on any atom is 0.164 e. The van der Waals surface area contributed by atoms with Crippen LogP contribution in [0.25, 0.3) is 78.9 Å². The van der Waals surface area contributed by atoms with E-state index in [1.54, 1.807) is 0 Å². The summed E-state index contributed by atoms with van der Waals surface area (Å²) in [7, 11) is 0. The Labute approximate surface area is 360 Å². The lowest BCUT2D eigenvalue weighted by Gasteiger charge is -2.42. The van der Waals surface area contributed by atoms with Crippen molar-refractivity contribution in [2.24, 2.45) is 0 Å². The molecule has 2 bridgehead atoms. The molecule has 8 aromatic carbocycles. The number of aromatic nitrogens is 5. The third kappa shape index (κ3) is 6.22. The Balaban J connectivity index is 0.874. The molecule has 3 aliphatic carbocycles. The molecule has 2 aromatic heterocycles. The Hall–Kier alpha value is -8.15. The average Bonchev–Trinajstić information content (AvgIpc) is 3.36. The van der Waals surface area contributed by atoms with Crippen molar-refractivity contribution in [1.82, 2.24) is 24.9 Å². The maximum atomic E-state index is 5.04. The van der Waals surface area contributed by atoms with E-state index in [2.05, 4.69) is 146 Å². The summed E-state index contributed by atoms with van der Waals surface area (Å²) in [5.41, 5.74) is 19.6. The van der Waals surface area contributed by atoms with Gasteiger partial charge in [-0.2, -0.15) is 0 Å². The summed E-state index contributed by atoms with van der Waals surface area (Å²) >= 11 is 0. The van der Waals surface area contributed by atoms with Crippen LogP contribution in [0.2, 0.25) is 0 Å². The van der Waals surface area contributed by atoms with Gasteiger partial charge in [-0.25, -0.2) is 15.0 Å². The van der Waals surface area contributed by atoms with Gasteiger partial charge in [0.1, 0.15) is 0 Å². The summed E-state index contributed by atoms with van der Waals surface area (Å²) in [6, 6.07) is 70.7. The lowest BCUT2D eigenvalue weighted by atomic mass is 9.60. The third-order valence-electron chi connectivity index (χ3n) is 12.4. The van der Waals surface area contributed by atoms with E-state index in [0.717, 1.165) is 50.3 Å². The highest BCUT2D eigenvalue weighted by molar-refractivity contribution is 5.77. The minimum absolute atomic E-state index is 0.139. The van der Waals surface area contributed by atoms with Crippen LogP contribution in [0.1, 0.15) is 45.2 Å². The molecule has 0 radical (unpaired) electrons. The maximum absolute atomic E-state index is 5.04. The zero-order valence-electron chi connectivity index (χ0n) is 33.6. The van der Waals surface area contributed by atoms with E-state index in [0.29, 0.717) is 17.5 Å². The van der Waals surface area contributed by atoms with E-state index in [9.17, 15) is 0 Å². The molecule has 3 aliphatic rings. The average molecular weight is 792 g/mol. The van der Waals surface area contributed by atoms with Crippen LogP contribution in [0, 0.1) is 0 Å². The molecule has 0 saturated heterocycles. The SMILES string of the molecule is c1ccc(-c2ccc(-c3nc(-c4ccccc4)nc(-c4ccc(-c5ccc6c(c5)C5c7ccccc7C6c6cc(-c7cnc(-c8ccccc8)cn7)ccc65)cc4)n3)cc2)cc1. The van der Waals surface area contributed by atoms with Gasteiger partial charge in [-0.1, -0.05) is 188 Å². The predicted molar refractivity (Wildman–Crippen MR) is 248 cm³/mol. The quantitative estimate of drug-likeness (QED) is 0.161. The second-order valence-corrected chi connectivity index (χ2v) is 16.0. The van der Waals surface area contributed by atoms with Crippen molar-refractivity contribution in [3.05, 3.63) is 246 Å².